The summed E-state index contributed by atoms with van der Waals surface area (Å²) >= 11 is 0. The van der Waals surface area contributed by atoms with Gasteiger partial charge in [-0.3, -0.25) is 0 Å². The fraction of sp³-hybridized carbons (Fsp3) is 0.176. The normalized spacial score (nSPS) is 11.0. The molecule has 1 aromatic heterocycles. The molecule has 0 saturated carbocycles. The molecule has 0 bridgehead atoms. The van der Waals surface area contributed by atoms with Gasteiger partial charge in [0.2, 0.25) is 11.8 Å². The Morgan fingerprint density at radius 1 is 1.00 bits per heavy atom. The van der Waals surface area contributed by atoms with E-state index in [1.807, 2.05) is 0 Å². The van der Waals surface area contributed by atoms with Crippen LogP contribution >= 0.6 is 0 Å². The van der Waals surface area contributed by atoms with Gasteiger partial charge >= 0.3 is 0 Å². The largest absolute Gasteiger partial charge is 0.475 e. The van der Waals surface area contributed by atoms with Crippen LogP contribution < -0.4 is 10.5 Å². The molecule has 0 saturated heterocycles. The maximum atomic E-state index is 14.0. The number of nitrogens with two attached hydrogens (primary N) is 1. The zero-order chi connectivity index (χ0) is 18.0. The van der Waals surface area contributed by atoms with Gasteiger partial charge in [0.1, 0.15) is 6.61 Å². The number of aromatic nitrogens is 2. The van der Waals surface area contributed by atoms with E-state index < -0.39 is 17.5 Å². The summed E-state index contributed by atoms with van der Waals surface area (Å²) in [6, 6.07) is 6.68. The van der Waals surface area contributed by atoms with Crippen LogP contribution in [0.3, 0.4) is 0 Å². The van der Waals surface area contributed by atoms with Gasteiger partial charge in [-0.15, -0.1) is 0 Å². The highest BCUT2D eigenvalue weighted by atomic mass is 19.2. The van der Waals surface area contributed by atoms with Gasteiger partial charge in [-0.1, -0.05) is 6.07 Å². The predicted octanol–water partition coefficient (Wildman–Crippen LogP) is 3.32. The number of ether oxygens (including phenoxy) is 2. The molecule has 1 heterocycles. The highest BCUT2D eigenvalue weighted by Crippen LogP contribution is 2.31. The molecule has 0 fully saturated rings. The van der Waals surface area contributed by atoms with E-state index in [0.717, 1.165) is 6.07 Å². The minimum absolute atomic E-state index is 0.0201. The summed E-state index contributed by atoms with van der Waals surface area (Å²) in [7, 11) is 1.53. The molecule has 0 radical (unpaired) electrons. The second-order valence-corrected chi connectivity index (χ2v) is 5.18. The van der Waals surface area contributed by atoms with Gasteiger partial charge < -0.3 is 15.2 Å². The Hall–Kier alpha value is -2.87. The van der Waals surface area contributed by atoms with Crippen molar-refractivity contribution in [2.45, 2.75) is 0 Å². The molecule has 3 rings (SSSR count). The van der Waals surface area contributed by atoms with Crippen molar-refractivity contribution in [3.05, 3.63) is 47.8 Å². The SMILES string of the molecule is COCCOc1nc(N)nc2ccc(-c3ccc(F)c(F)c3F)cc12. The number of hydrogen-bond acceptors (Lipinski definition) is 5. The van der Waals surface area contributed by atoms with E-state index in [4.69, 9.17) is 15.2 Å². The third-order valence-electron chi connectivity index (χ3n) is 3.55. The summed E-state index contributed by atoms with van der Waals surface area (Å²) in [4.78, 5) is 8.10. The third kappa shape index (κ3) is 3.34. The van der Waals surface area contributed by atoms with Crippen molar-refractivity contribution in [1.29, 1.82) is 0 Å². The van der Waals surface area contributed by atoms with Gasteiger partial charge in [0.25, 0.3) is 0 Å². The van der Waals surface area contributed by atoms with Crippen molar-refractivity contribution in [3.8, 4) is 17.0 Å². The average Bonchev–Trinajstić information content (AvgIpc) is 2.60. The summed E-state index contributed by atoms with van der Waals surface area (Å²) in [6.45, 7) is 0.564. The van der Waals surface area contributed by atoms with Crippen molar-refractivity contribution in [2.24, 2.45) is 0 Å². The number of rotatable bonds is 5. The Balaban J connectivity index is 2.11. The number of nitrogen functional groups attached to an aromatic ring is 1. The van der Waals surface area contributed by atoms with E-state index >= 15 is 0 Å². The van der Waals surface area contributed by atoms with Gasteiger partial charge in [-0.25, -0.2) is 18.2 Å². The van der Waals surface area contributed by atoms with Crippen molar-refractivity contribution < 1.29 is 22.6 Å². The highest BCUT2D eigenvalue weighted by Gasteiger charge is 2.16. The van der Waals surface area contributed by atoms with E-state index in [2.05, 4.69) is 9.97 Å². The smallest absolute Gasteiger partial charge is 0.226 e. The zero-order valence-electron chi connectivity index (χ0n) is 13.2. The van der Waals surface area contributed by atoms with Gasteiger partial charge in [-0.05, 0) is 29.8 Å². The molecule has 0 unspecified atom stereocenters. The molecule has 0 amide bonds. The molecule has 8 heteroatoms. The minimum atomic E-state index is -1.53. The summed E-state index contributed by atoms with van der Waals surface area (Å²) in [5.41, 5.74) is 6.38. The van der Waals surface area contributed by atoms with E-state index in [1.165, 1.54) is 25.3 Å². The first-order valence-corrected chi connectivity index (χ1v) is 7.34. The maximum Gasteiger partial charge on any atom is 0.226 e. The second-order valence-electron chi connectivity index (χ2n) is 5.18. The average molecular weight is 349 g/mol. The lowest BCUT2D eigenvalue weighted by atomic mass is 10.0. The number of hydrogen-bond donors (Lipinski definition) is 1. The molecule has 0 aliphatic carbocycles. The Labute approximate surface area is 141 Å². The Kier molecular flexibility index (Phi) is 4.71. The minimum Gasteiger partial charge on any atom is -0.475 e. The zero-order valence-corrected chi connectivity index (χ0v) is 13.2. The summed E-state index contributed by atoms with van der Waals surface area (Å²) < 4.78 is 51.1. The molecule has 5 nitrogen and oxygen atoms in total. The molecule has 2 aromatic carbocycles. The lowest BCUT2D eigenvalue weighted by Crippen LogP contribution is -2.07. The van der Waals surface area contributed by atoms with Gasteiger partial charge in [0.15, 0.2) is 17.5 Å². The molecule has 0 atom stereocenters. The van der Waals surface area contributed by atoms with Crippen molar-refractivity contribution in [3.63, 3.8) is 0 Å². The van der Waals surface area contributed by atoms with Crippen LogP contribution in [0.2, 0.25) is 0 Å². The van der Waals surface area contributed by atoms with Gasteiger partial charge in [-0.2, -0.15) is 4.98 Å². The molecule has 3 aromatic rings. The van der Waals surface area contributed by atoms with E-state index in [-0.39, 0.29) is 24.0 Å². The van der Waals surface area contributed by atoms with Crippen LogP contribution in [0, 0.1) is 17.5 Å². The lowest BCUT2D eigenvalue weighted by Gasteiger charge is -2.11. The Bertz CT molecular complexity index is 935. The predicted molar refractivity (Wildman–Crippen MR) is 86.6 cm³/mol. The molecule has 0 aliphatic rings. The maximum absolute atomic E-state index is 14.0. The topological polar surface area (TPSA) is 70.3 Å². The van der Waals surface area contributed by atoms with Gasteiger partial charge in [0.05, 0.1) is 17.5 Å². The molecule has 0 spiro atoms. The Morgan fingerprint density at radius 2 is 1.80 bits per heavy atom. The fourth-order valence-corrected chi connectivity index (χ4v) is 2.37. The van der Waals surface area contributed by atoms with E-state index in [0.29, 0.717) is 23.1 Å². The number of fused-ring (bicyclic) bond motifs is 1. The van der Waals surface area contributed by atoms with E-state index in [9.17, 15) is 13.2 Å². The van der Waals surface area contributed by atoms with Crippen LogP contribution in [0.1, 0.15) is 0 Å². The van der Waals surface area contributed by atoms with Crippen LogP contribution in [-0.2, 0) is 4.74 Å². The van der Waals surface area contributed by atoms with Crippen molar-refractivity contribution in [2.75, 3.05) is 26.1 Å². The fourth-order valence-electron chi connectivity index (χ4n) is 2.37. The van der Waals surface area contributed by atoms with Gasteiger partial charge in [0, 0.05) is 12.7 Å². The molecule has 0 aliphatic heterocycles. The molecule has 25 heavy (non-hydrogen) atoms. The Morgan fingerprint density at radius 3 is 2.56 bits per heavy atom. The first-order valence-electron chi connectivity index (χ1n) is 7.34. The first-order chi connectivity index (χ1) is 12.0. The van der Waals surface area contributed by atoms with Crippen molar-refractivity contribution in [1.82, 2.24) is 9.97 Å². The standard InChI is InChI=1S/C17H14F3N3O2/c1-24-6-7-25-16-11-8-9(2-5-13(11)22-17(21)23-16)10-3-4-12(18)15(20)14(10)19/h2-5,8H,6-7H2,1H3,(H2,21,22,23). The first kappa shape index (κ1) is 17.0. The van der Waals surface area contributed by atoms with Crippen LogP contribution in [0.25, 0.3) is 22.0 Å². The number of nitrogens with zero attached hydrogens (tertiary/aromatic N) is 2. The lowest BCUT2D eigenvalue weighted by molar-refractivity contribution is 0.144. The summed E-state index contributed by atoms with van der Waals surface area (Å²) in [5.74, 6) is -3.82. The quantitative estimate of drug-likeness (QED) is 0.565. The summed E-state index contributed by atoms with van der Waals surface area (Å²) in [5, 5.41) is 0.465. The van der Waals surface area contributed by atoms with Crippen LogP contribution in [0.5, 0.6) is 5.88 Å². The molecular weight excluding hydrogens is 335 g/mol. The molecular formula is C17H14F3N3O2. The number of halogens is 3. The van der Waals surface area contributed by atoms with E-state index in [1.54, 1.807) is 6.07 Å². The highest BCUT2D eigenvalue weighted by molar-refractivity contribution is 5.89. The summed E-state index contributed by atoms with van der Waals surface area (Å²) in [6.07, 6.45) is 0. The monoisotopic (exact) mass is 349 g/mol. The second kappa shape index (κ2) is 6.94. The number of methoxy groups -OCH3 is 1. The van der Waals surface area contributed by atoms with Crippen LogP contribution in [0.15, 0.2) is 30.3 Å². The number of anilines is 1. The molecule has 2 N–H and O–H groups in total. The van der Waals surface area contributed by atoms with Crippen LogP contribution in [0.4, 0.5) is 19.1 Å². The van der Waals surface area contributed by atoms with Crippen molar-refractivity contribution >= 4 is 16.9 Å². The van der Waals surface area contributed by atoms with Crippen LogP contribution in [-0.4, -0.2) is 30.3 Å². The number of benzene rings is 2. The molecule has 130 valence electrons. The third-order valence-corrected chi connectivity index (χ3v) is 3.55.